The standard InChI is InChI=1S/C14H26N4/c1-4-18-14(13(15)11(3)17-18)16-9-12-8-6-5-7-10(12)2/h10,12,16H,4-9,15H2,1-3H3. The number of nitrogens with zero attached hydrogens (tertiary/aromatic N) is 2. The van der Waals surface area contributed by atoms with Gasteiger partial charge in [-0.25, -0.2) is 4.68 Å². The van der Waals surface area contributed by atoms with Crippen LogP contribution in [-0.2, 0) is 6.54 Å². The number of hydrogen-bond donors (Lipinski definition) is 2. The first kappa shape index (κ1) is 13.2. The van der Waals surface area contributed by atoms with Gasteiger partial charge < -0.3 is 11.1 Å². The van der Waals surface area contributed by atoms with Crippen LogP contribution in [0.1, 0.15) is 45.2 Å². The second-order valence-corrected chi connectivity index (χ2v) is 5.57. The van der Waals surface area contributed by atoms with E-state index in [1.54, 1.807) is 0 Å². The van der Waals surface area contributed by atoms with Crippen LogP contribution in [0.5, 0.6) is 0 Å². The van der Waals surface area contributed by atoms with Crippen LogP contribution in [0.3, 0.4) is 0 Å². The molecule has 2 atom stereocenters. The Hall–Kier alpha value is -1.19. The van der Waals surface area contributed by atoms with Crippen molar-refractivity contribution in [3.8, 4) is 0 Å². The third kappa shape index (κ3) is 2.62. The molecule has 0 bridgehead atoms. The maximum atomic E-state index is 6.08. The lowest BCUT2D eigenvalue weighted by Crippen LogP contribution is -2.25. The maximum Gasteiger partial charge on any atom is 0.148 e. The number of hydrogen-bond acceptors (Lipinski definition) is 3. The number of nitrogens with two attached hydrogens (primary N) is 1. The number of rotatable bonds is 4. The van der Waals surface area contributed by atoms with Gasteiger partial charge in [-0.1, -0.05) is 26.2 Å². The number of aryl methyl sites for hydroxylation is 2. The molecule has 1 heterocycles. The SMILES string of the molecule is CCn1nc(C)c(N)c1NCC1CCCCC1C. The largest absolute Gasteiger partial charge is 0.394 e. The summed E-state index contributed by atoms with van der Waals surface area (Å²) in [7, 11) is 0. The summed E-state index contributed by atoms with van der Waals surface area (Å²) < 4.78 is 1.97. The Bertz CT molecular complexity index is 397. The number of aromatic nitrogens is 2. The lowest BCUT2D eigenvalue weighted by molar-refractivity contribution is 0.268. The molecule has 1 aromatic rings. The van der Waals surface area contributed by atoms with Crippen molar-refractivity contribution in [1.29, 1.82) is 0 Å². The quantitative estimate of drug-likeness (QED) is 0.863. The van der Waals surface area contributed by atoms with E-state index in [1.165, 1.54) is 25.7 Å². The van der Waals surface area contributed by atoms with Crippen LogP contribution in [0.2, 0.25) is 0 Å². The topological polar surface area (TPSA) is 55.9 Å². The average Bonchev–Trinajstić information content (AvgIpc) is 2.65. The normalized spacial score (nSPS) is 24.2. The van der Waals surface area contributed by atoms with Gasteiger partial charge in [0.05, 0.1) is 11.4 Å². The Morgan fingerprint density at radius 1 is 1.39 bits per heavy atom. The molecule has 102 valence electrons. The van der Waals surface area contributed by atoms with Crippen LogP contribution < -0.4 is 11.1 Å². The summed E-state index contributed by atoms with van der Waals surface area (Å²) in [4.78, 5) is 0. The van der Waals surface area contributed by atoms with Crippen molar-refractivity contribution in [3.05, 3.63) is 5.69 Å². The molecule has 2 unspecified atom stereocenters. The molecule has 4 heteroatoms. The third-order valence-corrected chi connectivity index (χ3v) is 4.29. The Morgan fingerprint density at radius 2 is 2.11 bits per heavy atom. The Labute approximate surface area is 110 Å². The minimum atomic E-state index is 0.777. The lowest BCUT2D eigenvalue weighted by Gasteiger charge is -2.29. The van der Waals surface area contributed by atoms with Crippen molar-refractivity contribution < 1.29 is 0 Å². The average molecular weight is 250 g/mol. The minimum Gasteiger partial charge on any atom is -0.394 e. The third-order valence-electron chi connectivity index (χ3n) is 4.29. The van der Waals surface area contributed by atoms with E-state index >= 15 is 0 Å². The van der Waals surface area contributed by atoms with Gasteiger partial charge in [0.1, 0.15) is 5.82 Å². The molecular formula is C14H26N4. The molecule has 1 fully saturated rings. The van der Waals surface area contributed by atoms with Crippen LogP contribution in [0.4, 0.5) is 11.5 Å². The van der Waals surface area contributed by atoms with Crippen LogP contribution >= 0.6 is 0 Å². The van der Waals surface area contributed by atoms with E-state index in [-0.39, 0.29) is 0 Å². The minimum absolute atomic E-state index is 0.777. The molecule has 2 rings (SSSR count). The van der Waals surface area contributed by atoms with Gasteiger partial charge in [0.2, 0.25) is 0 Å². The molecule has 0 radical (unpaired) electrons. The monoisotopic (exact) mass is 250 g/mol. The van der Waals surface area contributed by atoms with E-state index < -0.39 is 0 Å². The van der Waals surface area contributed by atoms with Gasteiger partial charge in [-0.05, 0) is 32.1 Å². The predicted octanol–water partition coefficient (Wildman–Crippen LogP) is 3.03. The van der Waals surface area contributed by atoms with Crippen molar-refractivity contribution >= 4 is 11.5 Å². The van der Waals surface area contributed by atoms with Gasteiger partial charge in [-0.15, -0.1) is 0 Å². The van der Waals surface area contributed by atoms with E-state index in [4.69, 9.17) is 5.73 Å². The van der Waals surface area contributed by atoms with Crippen molar-refractivity contribution in [1.82, 2.24) is 9.78 Å². The molecule has 0 aliphatic heterocycles. The zero-order valence-corrected chi connectivity index (χ0v) is 11.9. The van der Waals surface area contributed by atoms with E-state index in [0.717, 1.165) is 42.1 Å². The van der Waals surface area contributed by atoms with Crippen molar-refractivity contribution in [3.63, 3.8) is 0 Å². The lowest BCUT2D eigenvalue weighted by atomic mass is 9.80. The highest BCUT2D eigenvalue weighted by Crippen LogP contribution is 2.30. The summed E-state index contributed by atoms with van der Waals surface area (Å²) in [5.74, 6) is 2.61. The molecule has 3 N–H and O–H groups in total. The van der Waals surface area contributed by atoms with E-state index in [9.17, 15) is 0 Å². The van der Waals surface area contributed by atoms with Crippen LogP contribution in [0.15, 0.2) is 0 Å². The summed E-state index contributed by atoms with van der Waals surface area (Å²) >= 11 is 0. The zero-order chi connectivity index (χ0) is 13.1. The fourth-order valence-corrected chi connectivity index (χ4v) is 2.93. The first-order valence-electron chi connectivity index (χ1n) is 7.20. The molecule has 0 amide bonds. The first-order chi connectivity index (χ1) is 8.63. The molecular weight excluding hydrogens is 224 g/mol. The van der Waals surface area contributed by atoms with Crippen LogP contribution in [0.25, 0.3) is 0 Å². The van der Waals surface area contributed by atoms with Gasteiger partial charge in [0.25, 0.3) is 0 Å². The van der Waals surface area contributed by atoms with Crippen molar-refractivity contribution in [2.75, 3.05) is 17.6 Å². The molecule has 1 aromatic heterocycles. The fourth-order valence-electron chi connectivity index (χ4n) is 2.93. The number of nitrogens with one attached hydrogen (secondary N) is 1. The molecule has 0 aromatic carbocycles. The summed E-state index contributed by atoms with van der Waals surface area (Å²) in [6.45, 7) is 8.32. The summed E-state index contributed by atoms with van der Waals surface area (Å²) in [5, 5.41) is 7.97. The molecule has 18 heavy (non-hydrogen) atoms. The highest BCUT2D eigenvalue weighted by atomic mass is 15.3. The molecule has 1 aliphatic carbocycles. The smallest absolute Gasteiger partial charge is 0.148 e. The van der Waals surface area contributed by atoms with Crippen molar-refractivity contribution in [2.45, 2.75) is 53.0 Å². The van der Waals surface area contributed by atoms with Gasteiger partial charge in [0, 0.05) is 13.1 Å². The van der Waals surface area contributed by atoms with E-state index in [0.29, 0.717) is 0 Å². The predicted molar refractivity (Wildman–Crippen MR) is 76.7 cm³/mol. The van der Waals surface area contributed by atoms with Gasteiger partial charge >= 0.3 is 0 Å². The maximum absolute atomic E-state index is 6.08. The zero-order valence-electron chi connectivity index (χ0n) is 11.9. The summed E-state index contributed by atoms with van der Waals surface area (Å²) in [6.07, 6.45) is 5.48. The van der Waals surface area contributed by atoms with Gasteiger partial charge in [0.15, 0.2) is 0 Å². The highest BCUT2D eigenvalue weighted by molar-refractivity contribution is 5.64. The highest BCUT2D eigenvalue weighted by Gasteiger charge is 2.22. The van der Waals surface area contributed by atoms with Crippen molar-refractivity contribution in [2.24, 2.45) is 11.8 Å². The second-order valence-electron chi connectivity index (χ2n) is 5.57. The molecule has 4 nitrogen and oxygen atoms in total. The molecule has 1 saturated carbocycles. The Kier molecular flexibility index (Phi) is 4.15. The molecule has 0 saturated heterocycles. The Morgan fingerprint density at radius 3 is 2.78 bits per heavy atom. The number of nitrogen functional groups attached to an aromatic ring is 1. The van der Waals surface area contributed by atoms with Gasteiger partial charge in [-0.2, -0.15) is 5.10 Å². The molecule has 1 aliphatic rings. The number of anilines is 2. The fraction of sp³-hybridized carbons (Fsp3) is 0.786. The second kappa shape index (κ2) is 5.63. The first-order valence-corrected chi connectivity index (χ1v) is 7.20. The molecule has 0 spiro atoms. The summed E-state index contributed by atoms with van der Waals surface area (Å²) in [5.41, 5.74) is 7.82. The van der Waals surface area contributed by atoms with E-state index in [1.807, 2.05) is 11.6 Å². The summed E-state index contributed by atoms with van der Waals surface area (Å²) in [6, 6.07) is 0. The van der Waals surface area contributed by atoms with Crippen LogP contribution in [0, 0.1) is 18.8 Å². The van der Waals surface area contributed by atoms with E-state index in [2.05, 4.69) is 24.3 Å². The van der Waals surface area contributed by atoms with Crippen LogP contribution in [-0.4, -0.2) is 16.3 Å². The Balaban J connectivity index is 2.01. The van der Waals surface area contributed by atoms with Gasteiger partial charge in [-0.3, -0.25) is 0 Å².